The second-order valence-electron chi connectivity index (χ2n) is 22.4. The van der Waals surface area contributed by atoms with Crippen LogP contribution in [0.25, 0.3) is 71.3 Å². The summed E-state index contributed by atoms with van der Waals surface area (Å²) in [6.45, 7) is 22.0. The first-order valence-corrected chi connectivity index (χ1v) is 23.6. The Morgan fingerprint density at radius 1 is 0.516 bits per heavy atom. The molecule has 0 atom stereocenters. The van der Waals surface area contributed by atoms with Crippen molar-refractivity contribution in [3.8, 4) is 22.3 Å². The number of rotatable bonds is 2. The molecule has 4 aliphatic rings. The molecular formula is C61H55BN2. The molecule has 312 valence electrons. The molecule has 1 aromatic heterocycles. The van der Waals surface area contributed by atoms with Crippen LogP contribution in [0.5, 0.6) is 0 Å². The molecule has 3 heteroatoms. The molecule has 3 heterocycles. The van der Waals surface area contributed by atoms with Crippen LogP contribution in [0.4, 0.5) is 11.4 Å². The van der Waals surface area contributed by atoms with Gasteiger partial charge in [-0.15, -0.1) is 0 Å². The van der Waals surface area contributed by atoms with E-state index in [0.29, 0.717) is 0 Å². The number of hydrogen-bond acceptors (Lipinski definition) is 1. The summed E-state index contributed by atoms with van der Waals surface area (Å²) in [7, 11) is 0. The molecule has 0 spiro atoms. The first kappa shape index (κ1) is 38.2. The lowest BCUT2D eigenvalue weighted by Crippen LogP contribution is -2.52. The van der Waals surface area contributed by atoms with Crippen molar-refractivity contribution in [1.29, 1.82) is 0 Å². The molecule has 0 radical (unpaired) electrons. The van der Waals surface area contributed by atoms with E-state index < -0.39 is 0 Å². The lowest BCUT2D eigenvalue weighted by Gasteiger charge is -2.44. The number of benzene rings is 8. The Hall–Kier alpha value is -6.32. The van der Waals surface area contributed by atoms with Crippen LogP contribution >= 0.6 is 0 Å². The van der Waals surface area contributed by atoms with Crippen LogP contribution in [-0.4, -0.2) is 11.3 Å². The zero-order chi connectivity index (χ0) is 43.8. The van der Waals surface area contributed by atoms with E-state index in [4.69, 9.17) is 0 Å². The van der Waals surface area contributed by atoms with Crippen molar-refractivity contribution in [2.75, 3.05) is 4.90 Å². The Bertz CT molecular complexity index is 3570. The Morgan fingerprint density at radius 2 is 1.17 bits per heavy atom. The lowest BCUT2D eigenvalue weighted by molar-refractivity contribution is 0.331. The minimum atomic E-state index is -0.300. The largest absolute Gasteiger partial charge is 0.376 e. The predicted octanol–water partition coefficient (Wildman–Crippen LogP) is 15.5. The molecule has 0 bridgehead atoms. The fraction of sp³-hybridized carbons (Fsp3) is 0.246. The summed E-state index contributed by atoms with van der Waals surface area (Å²) in [4.78, 5) is 2.77. The number of aromatic nitrogens is 1. The monoisotopic (exact) mass is 826 g/mol. The van der Waals surface area contributed by atoms with Crippen LogP contribution in [0.3, 0.4) is 0 Å². The summed E-state index contributed by atoms with van der Waals surface area (Å²) in [6, 6.07) is 56.6. The number of allylic oxidation sites excluding steroid dienone is 1. The summed E-state index contributed by atoms with van der Waals surface area (Å²) in [5.74, 6) is 0. The highest BCUT2D eigenvalue weighted by molar-refractivity contribution is 6.86. The average molecular weight is 827 g/mol. The van der Waals surface area contributed by atoms with Gasteiger partial charge in [0, 0.05) is 55.0 Å². The molecule has 64 heavy (non-hydrogen) atoms. The van der Waals surface area contributed by atoms with Gasteiger partial charge in [-0.05, 0) is 126 Å². The maximum Gasteiger partial charge on any atom is 0.329 e. The first-order chi connectivity index (χ1) is 30.6. The van der Waals surface area contributed by atoms with Crippen LogP contribution < -0.4 is 10.4 Å². The van der Waals surface area contributed by atoms with E-state index in [9.17, 15) is 0 Å². The summed E-state index contributed by atoms with van der Waals surface area (Å²) in [6.07, 6.45) is 2.36. The van der Waals surface area contributed by atoms with Crippen molar-refractivity contribution in [1.82, 2.24) is 4.48 Å². The van der Waals surface area contributed by atoms with Gasteiger partial charge in [0.05, 0.1) is 11.4 Å². The quantitative estimate of drug-likeness (QED) is 0.158. The third kappa shape index (κ3) is 4.94. The van der Waals surface area contributed by atoms with Gasteiger partial charge in [0.2, 0.25) is 0 Å². The van der Waals surface area contributed by atoms with Gasteiger partial charge in [-0.1, -0.05) is 172 Å². The Labute approximate surface area is 378 Å². The van der Waals surface area contributed by atoms with Crippen molar-refractivity contribution < 1.29 is 0 Å². The van der Waals surface area contributed by atoms with Gasteiger partial charge in [0.15, 0.2) is 0 Å². The van der Waals surface area contributed by atoms with E-state index in [-0.39, 0.29) is 28.5 Å². The Balaban J connectivity index is 1.25. The molecule has 2 nitrogen and oxygen atoms in total. The third-order valence-electron chi connectivity index (χ3n) is 16.3. The summed E-state index contributed by atoms with van der Waals surface area (Å²) in [5, 5.41) is 7.79. The first-order valence-electron chi connectivity index (χ1n) is 23.6. The number of hydrogen-bond donors (Lipinski definition) is 0. The summed E-state index contributed by atoms with van der Waals surface area (Å²) >= 11 is 0. The third-order valence-corrected chi connectivity index (χ3v) is 16.3. The average Bonchev–Trinajstić information content (AvgIpc) is 3.73. The molecule has 2 aliphatic carbocycles. The highest BCUT2D eigenvalue weighted by Crippen LogP contribution is 2.60. The molecule has 9 aromatic rings. The maximum absolute atomic E-state index is 2.79. The van der Waals surface area contributed by atoms with E-state index >= 15 is 0 Å². The number of nitrogens with zero attached hydrogens (tertiary/aromatic N) is 2. The van der Waals surface area contributed by atoms with E-state index in [2.05, 4.69) is 217 Å². The molecule has 0 saturated heterocycles. The van der Waals surface area contributed by atoms with Crippen LogP contribution in [0, 0.1) is 0 Å². The maximum atomic E-state index is 2.79. The number of para-hydroxylation sites is 1. The number of fused-ring (bicyclic) bond motifs is 12. The highest BCUT2D eigenvalue weighted by Gasteiger charge is 2.55. The Morgan fingerprint density at radius 3 is 1.91 bits per heavy atom. The van der Waals surface area contributed by atoms with Crippen molar-refractivity contribution >= 4 is 72.7 Å². The van der Waals surface area contributed by atoms with E-state index in [1.807, 2.05) is 0 Å². The standard InChI is InChI=1S/C61H55BN2/c1-58(2,3)40-26-27-51(44(33-40)36-18-11-10-12-19-36)63-55-41-23-16-15-22-39(41)31-46-43-25-17-24-42-45-30-37-20-13-14-21-38(37)32-52(45)64(54(42)43)62(53(46)55)57-56(63)47-34-49-50(35-48(47)61(57,8)9)60(6,7)29-28-59(49,4)5/h10-27,30-35H,28-29H2,1-9H3. The number of anilines is 2. The van der Waals surface area contributed by atoms with Crippen molar-refractivity contribution in [2.24, 2.45) is 0 Å². The second-order valence-corrected chi connectivity index (χ2v) is 22.4. The molecule has 0 unspecified atom stereocenters. The SMILES string of the molecule is CC(C)(C)c1ccc(N2C3=C(B4c5c(cc6ccccc6c52)-c2cccc5c6cc7ccccc7cc6n4c25)C(C)(C)c2cc4c(cc23)C(C)(C)CCC4(C)C)c(-c2ccccc2)c1. The summed E-state index contributed by atoms with van der Waals surface area (Å²) < 4.78 is 2.79. The second kappa shape index (κ2) is 12.5. The zero-order valence-electron chi connectivity index (χ0n) is 38.7. The molecule has 13 rings (SSSR count). The van der Waals surface area contributed by atoms with Crippen molar-refractivity contribution in [3.63, 3.8) is 0 Å². The van der Waals surface area contributed by atoms with Crippen LogP contribution in [0.2, 0.25) is 0 Å². The fourth-order valence-corrected chi connectivity index (χ4v) is 12.8. The molecule has 0 amide bonds. The van der Waals surface area contributed by atoms with E-state index in [1.54, 1.807) is 0 Å². The fourth-order valence-electron chi connectivity index (χ4n) is 12.8. The molecule has 0 saturated carbocycles. The van der Waals surface area contributed by atoms with Gasteiger partial charge in [-0.2, -0.15) is 0 Å². The van der Waals surface area contributed by atoms with Gasteiger partial charge < -0.3 is 9.38 Å². The van der Waals surface area contributed by atoms with Crippen LogP contribution in [0.15, 0.2) is 151 Å². The van der Waals surface area contributed by atoms with Gasteiger partial charge in [0.1, 0.15) is 0 Å². The predicted molar refractivity (Wildman–Crippen MR) is 275 cm³/mol. The van der Waals surface area contributed by atoms with Gasteiger partial charge >= 0.3 is 6.85 Å². The molecule has 2 aliphatic heterocycles. The molecular weight excluding hydrogens is 771 g/mol. The topological polar surface area (TPSA) is 8.17 Å². The van der Waals surface area contributed by atoms with Gasteiger partial charge in [-0.25, -0.2) is 0 Å². The molecule has 0 fully saturated rings. The molecule has 8 aromatic carbocycles. The highest BCUT2D eigenvalue weighted by atomic mass is 15.2. The summed E-state index contributed by atoms with van der Waals surface area (Å²) in [5.41, 5.74) is 21.7. The van der Waals surface area contributed by atoms with Crippen LogP contribution in [0.1, 0.15) is 103 Å². The lowest BCUT2D eigenvalue weighted by atomic mass is 9.40. The van der Waals surface area contributed by atoms with Gasteiger partial charge in [-0.3, -0.25) is 0 Å². The van der Waals surface area contributed by atoms with E-state index in [1.165, 1.54) is 134 Å². The van der Waals surface area contributed by atoms with E-state index in [0.717, 1.165) is 0 Å². The Kier molecular flexibility index (Phi) is 7.44. The smallest absolute Gasteiger partial charge is 0.329 e. The van der Waals surface area contributed by atoms with Crippen LogP contribution in [-0.2, 0) is 21.7 Å². The van der Waals surface area contributed by atoms with Gasteiger partial charge in [0.25, 0.3) is 0 Å². The van der Waals surface area contributed by atoms with Crippen molar-refractivity contribution in [2.45, 2.75) is 96.8 Å². The minimum Gasteiger partial charge on any atom is -0.376 e. The minimum absolute atomic E-state index is 0.0216. The normalized spacial score (nSPS) is 17.6. The molecule has 0 N–H and O–H groups in total. The zero-order valence-corrected chi connectivity index (χ0v) is 38.7. The van der Waals surface area contributed by atoms with Crippen molar-refractivity contribution in [3.05, 3.63) is 179 Å².